The molecule has 0 aliphatic rings. The number of hydrogen-bond donors (Lipinski definition) is 3. The number of hydrogen-bond acceptors (Lipinski definition) is 4. The molecule has 0 unspecified atom stereocenters. The highest BCUT2D eigenvalue weighted by atomic mass is 16.6. The van der Waals surface area contributed by atoms with Crippen LogP contribution in [-0.2, 0) is 11.2 Å². The van der Waals surface area contributed by atoms with Gasteiger partial charge in [0.05, 0.1) is 12.1 Å². The Hall–Kier alpha value is -2.37. The summed E-state index contributed by atoms with van der Waals surface area (Å²) in [6, 6.07) is 19.5. The Labute approximate surface area is 168 Å². The quantitative estimate of drug-likeness (QED) is 0.647. The minimum Gasteiger partial charge on any atom is -0.444 e. The lowest BCUT2D eigenvalue weighted by molar-refractivity contribution is 0.0420. The highest BCUT2D eigenvalue weighted by Gasteiger charge is 2.25. The number of carbonyl (C=O) groups excluding carboxylic acids is 1. The Morgan fingerprint density at radius 3 is 2.18 bits per heavy atom. The van der Waals surface area contributed by atoms with E-state index in [-0.39, 0.29) is 6.04 Å². The maximum Gasteiger partial charge on any atom is 0.407 e. The Balaban J connectivity index is 2.01. The van der Waals surface area contributed by atoms with Gasteiger partial charge in [0.15, 0.2) is 0 Å². The predicted molar refractivity (Wildman–Crippen MR) is 112 cm³/mol. The van der Waals surface area contributed by atoms with Gasteiger partial charge in [0.2, 0.25) is 0 Å². The number of ether oxygens (including phenoxy) is 1. The maximum absolute atomic E-state index is 12.3. The van der Waals surface area contributed by atoms with E-state index >= 15 is 0 Å². The van der Waals surface area contributed by atoms with Gasteiger partial charge in [-0.05, 0) is 45.2 Å². The Morgan fingerprint density at radius 2 is 1.61 bits per heavy atom. The van der Waals surface area contributed by atoms with Crippen molar-refractivity contribution in [2.45, 2.75) is 57.9 Å². The molecular weight excluding hydrogens is 352 g/mol. The number of carbonyl (C=O) groups is 1. The monoisotopic (exact) mass is 384 g/mol. The van der Waals surface area contributed by atoms with E-state index in [1.54, 1.807) is 0 Å². The fourth-order valence-electron chi connectivity index (χ4n) is 2.91. The molecular formula is C23H32N2O3. The second-order valence-corrected chi connectivity index (χ2v) is 8.05. The van der Waals surface area contributed by atoms with Crippen molar-refractivity contribution in [2.75, 3.05) is 6.54 Å². The molecule has 2 aromatic rings. The highest BCUT2D eigenvalue weighted by molar-refractivity contribution is 5.68. The fourth-order valence-corrected chi connectivity index (χ4v) is 2.91. The molecule has 0 fully saturated rings. The van der Waals surface area contributed by atoms with E-state index in [2.05, 4.69) is 17.6 Å². The van der Waals surface area contributed by atoms with Crippen LogP contribution >= 0.6 is 0 Å². The summed E-state index contributed by atoms with van der Waals surface area (Å²) < 4.78 is 5.37. The summed E-state index contributed by atoms with van der Waals surface area (Å²) in [6.45, 7) is 7.85. The maximum atomic E-state index is 12.3. The molecule has 0 aliphatic carbocycles. The van der Waals surface area contributed by atoms with Crippen molar-refractivity contribution < 1.29 is 14.6 Å². The van der Waals surface area contributed by atoms with E-state index in [0.717, 1.165) is 11.1 Å². The lowest BCUT2D eigenvalue weighted by atomic mass is 10.0. The molecule has 2 aromatic carbocycles. The number of alkyl carbamates (subject to hydrolysis) is 1. The van der Waals surface area contributed by atoms with Crippen LogP contribution in [0.5, 0.6) is 0 Å². The predicted octanol–water partition coefficient (Wildman–Crippen LogP) is 3.83. The lowest BCUT2D eigenvalue weighted by Gasteiger charge is -2.28. The molecule has 0 aliphatic heterocycles. The van der Waals surface area contributed by atoms with Gasteiger partial charge in [-0.2, -0.15) is 0 Å². The van der Waals surface area contributed by atoms with Gasteiger partial charge in [0.25, 0.3) is 0 Å². The summed E-state index contributed by atoms with van der Waals surface area (Å²) in [5, 5.41) is 17.0. The Bertz CT molecular complexity index is 714. The zero-order valence-corrected chi connectivity index (χ0v) is 17.2. The first-order valence-corrected chi connectivity index (χ1v) is 9.74. The van der Waals surface area contributed by atoms with E-state index in [1.807, 2.05) is 81.4 Å². The molecule has 0 heterocycles. The van der Waals surface area contributed by atoms with Crippen molar-refractivity contribution in [3.8, 4) is 0 Å². The molecule has 0 bridgehead atoms. The van der Waals surface area contributed by atoms with Crippen molar-refractivity contribution in [2.24, 2.45) is 0 Å². The van der Waals surface area contributed by atoms with Gasteiger partial charge in [0.1, 0.15) is 5.60 Å². The van der Waals surface area contributed by atoms with Crippen molar-refractivity contribution in [3.63, 3.8) is 0 Å². The van der Waals surface area contributed by atoms with Gasteiger partial charge in [0, 0.05) is 12.6 Å². The third kappa shape index (κ3) is 7.71. The van der Waals surface area contributed by atoms with Crippen LogP contribution in [0.25, 0.3) is 0 Å². The highest BCUT2D eigenvalue weighted by Crippen LogP contribution is 2.13. The van der Waals surface area contributed by atoms with E-state index in [4.69, 9.17) is 4.74 Å². The normalized spacial score (nSPS) is 14.8. The third-order valence-corrected chi connectivity index (χ3v) is 4.40. The molecule has 1 amide bonds. The van der Waals surface area contributed by atoms with Gasteiger partial charge >= 0.3 is 6.09 Å². The van der Waals surface area contributed by atoms with E-state index in [0.29, 0.717) is 13.0 Å². The second-order valence-electron chi connectivity index (χ2n) is 8.05. The largest absolute Gasteiger partial charge is 0.444 e. The van der Waals surface area contributed by atoms with Crippen molar-refractivity contribution in [1.29, 1.82) is 0 Å². The number of benzene rings is 2. The minimum atomic E-state index is -0.765. The summed E-state index contributed by atoms with van der Waals surface area (Å²) in [7, 11) is 0. The molecule has 0 aromatic heterocycles. The molecule has 5 heteroatoms. The lowest BCUT2D eigenvalue weighted by Crippen LogP contribution is -2.50. The first-order chi connectivity index (χ1) is 13.2. The zero-order chi connectivity index (χ0) is 20.6. The second kappa shape index (κ2) is 10.2. The van der Waals surface area contributed by atoms with E-state index in [1.165, 1.54) is 0 Å². The molecule has 152 valence electrons. The molecule has 0 radical (unpaired) electrons. The Kier molecular flexibility index (Phi) is 8.03. The van der Waals surface area contributed by atoms with Gasteiger partial charge in [-0.15, -0.1) is 0 Å². The number of amides is 1. The van der Waals surface area contributed by atoms with Crippen molar-refractivity contribution in [3.05, 3.63) is 71.8 Å². The summed E-state index contributed by atoms with van der Waals surface area (Å²) in [4.78, 5) is 12.3. The van der Waals surface area contributed by atoms with E-state index in [9.17, 15) is 9.90 Å². The SMILES string of the molecule is C[C@H](NC[C@@H](O)[C@H](Cc1ccccc1)NC(=O)OC(C)(C)C)c1ccccc1. The molecule has 0 saturated carbocycles. The van der Waals surface area contributed by atoms with Gasteiger partial charge in [-0.1, -0.05) is 60.7 Å². The van der Waals surface area contributed by atoms with Gasteiger partial charge in [-0.3, -0.25) is 0 Å². The first-order valence-electron chi connectivity index (χ1n) is 9.74. The van der Waals surface area contributed by atoms with Crippen LogP contribution in [0.3, 0.4) is 0 Å². The molecule has 3 atom stereocenters. The molecule has 3 N–H and O–H groups in total. The van der Waals surface area contributed by atoms with Crippen LogP contribution in [0.1, 0.15) is 44.9 Å². The molecule has 2 rings (SSSR count). The first kappa shape index (κ1) is 21.9. The zero-order valence-electron chi connectivity index (χ0n) is 17.2. The summed E-state index contributed by atoms with van der Waals surface area (Å²) in [5.74, 6) is 0. The molecule has 28 heavy (non-hydrogen) atoms. The van der Waals surface area contributed by atoms with Crippen molar-refractivity contribution in [1.82, 2.24) is 10.6 Å². The topological polar surface area (TPSA) is 70.6 Å². The number of aliphatic hydroxyl groups is 1. The summed E-state index contributed by atoms with van der Waals surface area (Å²) >= 11 is 0. The molecule has 0 saturated heterocycles. The molecule has 0 spiro atoms. The van der Waals surface area contributed by atoms with Crippen LogP contribution in [0.2, 0.25) is 0 Å². The van der Waals surface area contributed by atoms with Crippen LogP contribution < -0.4 is 10.6 Å². The van der Waals surface area contributed by atoms with Gasteiger partial charge in [-0.25, -0.2) is 4.79 Å². The van der Waals surface area contributed by atoms with Crippen LogP contribution in [0.4, 0.5) is 4.79 Å². The number of aliphatic hydroxyl groups excluding tert-OH is 1. The van der Waals surface area contributed by atoms with Crippen molar-refractivity contribution >= 4 is 6.09 Å². The standard InChI is InChI=1S/C23H32N2O3/c1-17(19-13-9-6-10-14-19)24-16-21(26)20(15-18-11-7-5-8-12-18)25-22(27)28-23(2,3)4/h5-14,17,20-21,24,26H,15-16H2,1-4H3,(H,25,27)/t17-,20-,21+/m0/s1. The minimum absolute atomic E-state index is 0.0924. The fraction of sp³-hybridized carbons (Fsp3) is 0.435. The summed E-state index contributed by atoms with van der Waals surface area (Å²) in [5.41, 5.74) is 1.60. The van der Waals surface area contributed by atoms with Crippen LogP contribution in [0.15, 0.2) is 60.7 Å². The average molecular weight is 385 g/mol. The van der Waals surface area contributed by atoms with Crippen LogP contribution in [-0.4, -0.2) is 35.5 Å². The van der Waals surface area contributed by atoms with E-state index < -0.39 is 23.8 Å². The summed E-state index contributed by atoms with van der Waals surface area (Å²) in [6.07, 6.45) is -0.773. The smallest absolute Gasteiger partial charge is 0.407 e. The number of rotatable bonds is 8. The van der Waals surface area contributed by atoms with Crippen LogP contribution in [0, 0.1) is 0 Å². The average Bonchev–Trinajstić information content (AvgIpc) is 2.65. The number of nitrogens with one attached hydrogen (secondary N) is 2. The third-order valence-electron chi connectivity index (χ3n) is 4.40. The van der Waals surface area contributed by atoms with Gasteiger partial charge < -0.3 is 20.5 Å². The Morgan fingerprint density at radius 1 is 1.04 bits per heavy atom. The molecule has 5 nitrogen and oxygen atoms in total.